The first kappa shape index (κ1) is 13.0. The SMILES string of the molecule is CCc1nc(NS(=O)(=O)c2cnc(C)[nH]2)sc1C. The van der Waals surface area contributed by atoms with Crippen LogP contribution >= 0.6 is 11.3 Å². The lowest BCUT2D eigenvalue weighted by atomic mass is 10.3. The topological polar surface area (TPSA) is 87.7 Å². The zero-order chi connectivity index (χ0) is 13.3. The summed E-state index contributed by atoms with van der Waals surface area (Å²) in [5.41, 5.74) is 0.915. The normalized spacial score (nSPS) is 11.7. The number of nitrogens with zero attached hydrogens (tertiary/aromatic N) is 2. The van der Waals surface area contributed by atoms with E-state index in [1.54, 1.807) is 6.92 Å². The van der Waals surface area contributed by atoms with Crippen molar-refractivity contribution in [2.45, 2.75) is 32.2 Å². The van der Waals surface area contributed by atoms with Crippen molar-refractivity contribution in [3.8, 4) is 0 Å². The molecule has 0 aromatic carbocycles. The van der Waals surface area contributed by atoms with E-state index in [-0.39, 0.29) is 5.03 Å². The van der Waals surface area contributed by atoms with Crippen LogP contribution in [0.3, 0.4) is 0 Å². The maximum Gasteiger partial charge on any atom is 0.280 e. The molecule has 0 aliphatic heterocycles. The van der Waals surface area contributed by atoms with E-state index in [1.165, 1.54) is 17.5 Å². The molecule has 0 spiro atoms. The van der Waals surface area contributed by atoms with Crippen LogP contribution in [-0.2, 0) is 16.4 Å². The molecule has 0 fully saturated rings. The third kappa shape index (κ3) is 2.54. The fraction of sp³-hybridized carbons (Fsp3) is 0.400. The molecule has 0 aliphatic rings. The molecule has 8 heteroatoms. The Morgan fingerprint density at radius 3 is 2.67 bits per heavy atom. The standard InChI is InChI=1S/C10H14N4O2S2/c1-4-8-6(2)17-10(13-8)14-18(15,16)9-5-11-7(3)12-9/h5H,4H2,1-3H3,(H,11,12)(H,13,14). The Kier molecular flexibility index (Phi) is 3.40. The number of aromatic amines is 1. The Hall–Kier alpha value is -1.41. The number of thiazole rings is 1. The minimum absolute atomic E-state index is 0.0471. The van der Waals surface area contributed by atoms with Crippen molar-refractivity contribution in [1.29, 1.82) is 0 Å². The number of sulfonamides is 1. The number of H-pyrrole nitrogens is 1. The van der Waals surface area contributed by atoms with Crippen LogP contribution in [0.4, 0.5) is 5.13 Å². The second kappa shape index (κ2) is 4.69. The summed E-state index contributed by atoms with van der Waals surface area (Å²) < 4.78 is 26.5. The zero-order valence-electron chi connectivity index (χ0n) is 10.3. The monoisotopic (exact) mass is 286 g/mol. The van der Waals surface area contributed by atoms with Crippen molar-refractivity contribution in [1.82, 2.24) is 15.0 Å². The number of aromatic nitrogens is 3. The number of nitrogens with one attached hydrogen (secondary N) is 2. The average molecular weight is 286 g/mol. The van der Waals surface area contributed by atoms with Crippen molar-refractivity contribution in [2.75, 3.05) is 4.72 Å². The Labute approximate surface area is 110 Å². The molecule has 2 aromatic rings. The summed E-state index contributed by atoms with van der Waals surface area (Å²) in [6, 6.07) is 0. The first-order valence-corrected chi connectivity index (χ1v) is 7.73. The van der Waals surface area contributed by atoms with Crippen LogP contribution in [0.1, 0.15) is 23.3 Å². The van der Waals surface area contributed by atoms with E-state index >= 15 is 0 Å². The molecule has 0 saturated carbocycles. The third-order valence-electron chi connectivity index (χ3n) is 2.42. The summed E-state index contributed by atoms with van der Waals surface area (Å²) in [7, 11) is -3.62. The molecule has 2 N–H and O–H groups in total. The minimum Gasteiger partial charge on any atom is -0.332 e. The zero-order valence-corrected chi connectivity index (χ0v) is 11.9. The Morgan fingerprint density at radius 2 is 2.17 bits per heavy atom. The van der Waals surface area contributed by atoms with Crippen LogP contribution in [-0.4, -0.2) is 23.4 Å². The molecule has 2 rings (SSSR count). The van der Waals surface area contributed by atoms with Crippen molar-refractivity contribution in [3.05, 3.63) is 22.6 Å². The van der Waals surface area contributed by atoms with E-state index in [0.717, 1.165) is 17.0 Å². The van der Waals surface area contributed by atoms with Gasteiger partial charge < -0.3 is 4.98 Å². The Bertz CT molecular complexity index is 657. The number of aryl methyl sites for hydroxylation is 3. The number of hydrogen-bond donors (Lipinski definition) is 2. The third-order valence-corrected chi connectivity index (χ3v) is 4.72. The molecule has 18 heavy (non-hydrogen) atoms. The highest BCUT2D eigenvalue weighted by atomic mass is 32.2. The van der Waals surface area contributed by atoms with Gasteiger partial charge in [-0.15, -0.1) is 11.3 Å². The smallest absolute Gasteiger partial charge is 0.280 e. The van der Waals surface area contributed by atoms with E-state index in [1.807, 2.05) is 13.8 Å². The van der Waals surface area contributed by atoms with E-state index in [2.05, 4.69) is 19.7 Å². The molecule has 98 valence electrons. The molecule has 0 bridgehead atoms. The molecule has 0 saturated heterocycles. The van der Waals surface area contributed by atoms with Gasteiger partial charge >= 0.3 is 0 Å². The molecular formula is C10H14N4O2S2. The molecule has 0 atom stereocenters. The summed E-state index contributed by atoms with van der Waals surface area (Å²) in [5.74, 6) is 0.556. The quantitative estimate of drug-likeness (QED) is 0.897. The lowest BCUT2D eigenvalue weighted by Crippen LogP contribution is -2.13. The summed E-state index contributed by atoms with van der Waals surface area (Å²) in [6.07, 6.45) is 2.08. The summed E-state index contributed by atoms with van der Waals surface area (Å²) in [5, 5.41) is 0.433. The highest BCUT2D eigenvalue weighted by molar-refractivity contribution is 7.92. The highest BCUT2D eigenvalue weighted by Gasteiger charge is 2.19. The Balaban J connectivity index is 2.27. The van der Waals surface area contributed by atoms with Crippen molar-refractivity contribution >= 4 is 26.5 Å². The van der Waals surface area contributed by atoms with E-state index in [9.17, 15) is 8.42 Å². The van der Waals surface area contributed by atoms with Gasteiger partial charge in [0.1, 0.15) is 5.82 Å². The molecular weight excluding hydrogens is 272 g/mol. The van der Waals surface area contributed by atoms with Gasteiger partial charge in [0.25, 0.3) is 10.0 Å². The van der Waals surface area contributed by atoms with Crippen LogP contribution in [0.2, 0.25) is 0 Å². The first-order valence-electron chi connectivity index (χ1n) is 5.43. The lowest BCUT2D eigenvalue weighted by Gasteiger charge is -2.01. The van der Waals surface area contributed by atoms with Crippen LogP contribution in [0.5, 0.6) is 0 Å². The fourth-order valence-electron chi connectivity index (χ4n) is 1.50. The van der Waals surface area contributed by atoms with E-state index in [0.29, 0.717) is 11.0 Å². The van der Waals surface area contributed by atoms with Crippen LogP contribution in [0, 0.1) is 13.8 Å². The largest absolute Gasteiger partial charge is 0.332 e. The maximum absolute atomic E-state index is 12.0. The van der Waals surface area contributed by atoms with E-state index in [4.69, 9.17) is 0 Å². The summed E-state index contributed by atoms with van der Waals surface area (Å²) in [6.45, 7) is 5.61. The highest BCUT2D eigenvalue weighted by Crippen LogP contribution is 2.24. The van der Waals surface area contributed by atoms with Crippen molar-refractivity contribution < 1.29 is 8.42 Å². The van der Waals surface area contributed by atoms with Gasteiger partial charge in [-0.25, -0.2) is 9.97 Å². The lowest BCUT2D eigenvalue weighted by molar-refractivity contribution is 0.598. The maximum atomic E-state index is 12.0. The van der Waals surface area contributed by atoms with Gasteiger partial charge in [0.15, 0.2) is 10.2 Å². The second-order valence-corrected chi connectivity index (χ2v) is 6.67. The first-order chi connectivity index (χ1) is 8.42. The number of hydrogen-bond acceptors (Lipinski definition) is 5. The molecule has 2 aromatic heterocycles. The molecule has 0 radical (unpaired) electrons. The predicted octanol–water partition coefficient (Wildman–Crippen LogP) is 1.85. The number of anilines is 1. The van der Waals surface area contributed by atoms with Gasteiger partial charge in [0.05, 0.1) is 11.9 Å². The van der Waals surface area contributed by atoms with Crippen molar-refractivity contribution in [3.63, 3.8) is 0 Å². The molecule has 2 heterocycles. The molecule has 0 unspecified atom stereocenters. The van der Waals surface area contributed by atoms with Crippen LogP contribution in [0.25, 0.3) is 0 Å². The van der Waals surface area contributed by atoms with Crippen LogP contribution in [0.15, 0.2) is 11.2 Å². The van der Waals surface area contributed by atoms with Gasteiger partial charge in [-0.3, -0.25) is 4.72 Å². The van der Waals surface area contributed by atoms with Gasteiger partial charge in [0, 0.05) is 4.88 Å². The second-order valence-electron chi connectivity index (χ2n) is 3.81. The molecule has 0 aliphatic carbocycles. The summed E-state index contributed by atoms with van der Waals surface area (Å²) in [4.78, 5) is 11.8. The van der Waals surface area contributed by atoms with Gasteiger partial charge in [-0.1, -0.05) is 6.92 Å². The Morgan fingerprint density at radius 1 is 1.44 bits per heavy atom. The average Bonchev–Trinajstić information content (AvgIpc) is 2.84. The molecule has 6 nitrogen and oxygen atoms in total. The van der Waals surface area contributed by atoms with Crippen LogP contribution < -0.4 is 4.72 Å². The fourth-order valence-corrected chi connectivity index (χ4v) is 3.61. The van der Waals surface area contributed by atoms with Gasteiger partial charge in [-0.2, -0.15) is 8.42 Å². The van der Waals surface area contributed by atoms with E-state index < -0.39 is 10.0 Å². The summed E-state index contributed by atoms with van der Waals surface area (Å²) >= 11 is 1.33. The van der Waals surface area contributed by atoms with Gasteiger partial charge in [0.2, 0.25) is 0 Å². The van der Waals surface area contributed by atoms with Crippen molar-refractivity contribution in [2.24, 2.45) is 0 Å². The minimum atomic E-state index is -3.62. The molecule has 0 amide bonds. The number of imidazole rings is 1. The van der Waals surface area contributed by atoms with Gasteiger partial charge in [-0.05, 0) is 20.3 Å². The number of rotatable bonds is 4. The predicted molar refractivity (Wildman–Crippen MR) is 70.4 cm³/mol.